The molecule has 1 aliphatic carbocycles. The summed E-state index contributed by atoms with van der Waals surface area (Å²) in [5, 5.41) is 0.185. The Kier molecular flexibility index (Phi) is 4.75. The van der Waals surface area contributed by atoms with Crippen LogP contribution < -0.4 is 9.64 Å². The van der Waals surface area contributed by atoms with Crippen molar-refractivity contribution in [2.45, 2.75) is 38.7 Å². The van der Waals surface area contributed by atoms with Crippen LogP contribution in [0.2, 0.25) is 5.28 Å². The summed E-state index contributed by atoms with van der Waals surface area (Å²) in [6.45, 7) is 5.10. The molecule has 21 heavy (non-hydrogen) atoms. The number of morpholine rings is 1. The highest BCUT2D eigenvalue weighted by Crippen LogP contribution is 2.27. The molecule has 2 fully saturated rings. The molecule has 116 valence electrons. The maximum absolute atomic E-state index is 6.02. The number of hydrogen-bond donors (Lipinski definition) is 0. The van der Waals surface area contributed by atoms with Gasteiger partial charge >= 0.3 is 6.01 Å². The van der Waals surface area contributed by atoms with Gasteiger partial charge in [0.1, 0.15) is 6.10 Å². The second kappa shape index (κ2) is 6.75. The molecule has 7 heteroatoms. The molecule has 0 amide bonds. The van der Waals surface area contributed by atoms with E-state index in [1.165, 1.54) is 19.3 Å². The second-order valence-electron chi connectivity index (χ2n) is 5.70. The molecule has 1 aliphatic heterocycles. The molecule has 0 N–H and O–H groups in total. The summed E-state index contributed by atoms with van der Waals surface area (Å²) in [7, 11) is 0. The van der Waals surface area contributed by atoms with Gasteiger partial charge in [0, 0.05) is 13.1 Å². The van der Waals surface area contributed by atoms with Gasteiger partial charge in [-0.2, -0.15) is 15.0 Å². The van der Waals surface area contributed by atoms with Crippen molar-refractivity contribution in [3.63, 3.8) is 0 Å². The van der Waals surface area contributed by atoms with Gasteiger partial charge < -0.3 is 14.4 Å². The van der Waals surface area contributed by atoms with E-state index in [2.05, 4.69) is 21.9 Å². The van der Waals surface area contributed by atoms with Crippen molar-refractivity contribution < 1.29 is 9.47 Å². The highest BCUT2D eigenvalue weighted by molar-refractivity contribution is 6.28. The normalized spacial score (nSPS) is 26.7. The van der Waals surface area contributed by atoms with Crippen LogP contribution in [0.4, 0.5) is 5.95 Å². The van der Waals surface area contributed by atoms with Gasteiger partial charge in [0.25, 0.3) is 0 Å². The van der Waals surface area contributed by atoms with E-state index < -0.39 is 0 Å². The van der Waals surface area contributed by atoms with Gasteiger partial charge in [-0.15, -0.1) is 0 Å². The summed E-state index contributed by atoms with van der Waals surface area (Å²) in [5.74, 6) is 1.11. The minimum absolute atomic E-state index is 0.176. The largest absolute Gasteiger partial charge is 0.460 e. The summed E-state index contributed by atoms with van der Waals surface area (Å²) in [6, 6.07) is 0.343. The van der Waals surface area contributed by atoms with E-state index in [0.717, 1.165) is 19.5 Å². The van der Waals surface area contributed by atoms with Gasteiger partial charge in [-0.25, -0.2) is 0 Å². The fraction of sp³-hybridized carbons (Fsp3) is 0.786. The minimum atomic E-state index is 0.176. The van der Waals surface area contributed by atoms with Crippen molar-refractivity contribution in [3.8, 4) is 6.01 Å². The van der Waals surface area contributed by atoms with Crippen molar-refractivity contribution >= 4 is 17.5 Å². The molecule has 0 aromatic carbocycles. The number of anilines is 1. The Morgan fingerprint density at radius 1 is 1.14 bits per heavy atom. The lowest BCUT2D eigenvalue weighted by Gasteiger charge is -2.29. The first kappa shape index (κ1) is 14.8. The molecule has 2 unspecified atom stereocenters. The van der Waals surface area contributed by atoms with Crippen molar-refractivity contribution in [3.05, 3.63) is 5.28 Å². The number of hydrogen-bond acceptors (Lipinski definition) is 6. The number of nitrogens with zero attached hydrogens (tertiary/aromatic N) is 4. The monoisotopic (exact) mass is 312 g/mol. The summed E-state index contributed by atoms with van der Waals surface area (Å²) in [5.41, 5.74) is 0. The third kappa shape index (κ3) is 3.74. The van der Waals surface area contributed by atoms with E-state index in [1.54, 1.807) is 0 Å². The van der Waals surface area contributed by atoms with Crippen LogP contribution >= 0.6 is 11.6 Å². The first-order valence-electron chi connectivity index (χ1n) is 7.63. The van der Waals surface area contributed by atoms with Crippen LogP contribution in [0, 0.1) is 5.92 Å². The molecule has 6 nitrogen and oxygen atoms in total. The molecule has 1 saturated heterocycles. The molecule has 2 aliphatic rings. The summed E-state index contributed by atoms with van der Waals surface area (Å²) < 4.78 is 11.3. The van der Waals surface area contributed by atoms with Crippen molar-refractivity contribution in [1.82, 2.24) is 15.0 Å². The zero-order chi connectivity index (χ0) is 14.7. The van der Waals surface area contributed by atoms with Gasteiger partial charge in [0.05, 0.1) is 13.2 Å². The fourth-order valence-electron chi connectivity index (χ4n) is 2.87. The van der Waals surface area contributed by atoms with Crippen LogP contribution in [0.25, 0.3) is 0 Å². The third-order valence-corrected chi connectivity index (χ3v) is 4.33. The predicted octanol–water partition coefficient (Wildman–Crippen LogP) is 2.32. The molecule has 0 bridgehead atoms. The maximum Gasteiger partial charge on any atom is 0.322 e. The SMILES string of the molecule is CC1CCCCC1Oc1nc(Cl)nc(N2CCOCC2)n1. The first-order chi connectivity index (χ1) is 10.2. The Morgan fingerprint density at radius 3 is 2.67 bits per heavy atom. The summed E-state index contributed by atoms with van der Waals surface area (Å²) in [4.78, 5) is 14.8. The smallest absolute Gasteiger partial charge is 0.322 e. The average molecular weight is 313 g/mol. The molecule has 2 atom stereocenters. The van der Waals surface area contributed by atoms with Crippen LogP contribution in [-0.4, -0.2) is 47.4 Å². The Hall–Kier alpha value is -1.14. The number of halogens is 1. The van der Waals surface area contributed by atoms with Crippen molar-refractivity contribution in [2.75, 3.05) is 31.2 Å². The zero-order valence-corrected chi connectivity index (χ0v) is 13.1. The van der Waals surface area contributed by atoms with E-state index in [9.17, 15) is 0 Å². The van der Waals surface area contributed by atoms with E-state index in [-0.39, 0.29) is 11.4 Å². The van der Waals surface area contributed by atoms with Gasteiger partial charge in [-0.3, -0.25) is 0 Å². The molecular weight excluding hydrogens is 292 g/mol. The predicted molar refractivity (Wildman–Crippen MR) is 79.9 cm³/mol. The molecule has 0 spiro atoms. The fourth-order valence-corrected chi connectivity index (χ4v) is 3.02. The maximum atomic E-state index is 6.02. The van der Waals surface area contributed by atoms with Gasteiger partial charge in [0.15, 0.2) is 0 Å². The van der Waals surface area contributed by atoms with E-state index in [1.807, 2.05) is 4.90 Å². The van der Waals surface area contributed by atoms with Crippen LogP contribution in [0.1, 0.15) is 32.6 Å². The molecule has 3 rings (SSSR count). The van der Waals surface area contributed by atoms with Crippen LogP contribution in [0.3, 0.4) is 0 Å². The number of ether oxygens (including phenoxy) is 2. The van der Waals surface area contributed by atoms with Crippen molar-refractivity contribution in [1.29, 1.82) is 0 Å². The highest BCUT2D eigenvalue weighted by Gasteiger charge is 2.25. The Morgan fingerprint density at radius 2 is 1.90 bits per heavy atom. The summed E-state index contributed by atoms with van der Waals surface area (Å²) in [6.07, 6.45) is 4.90. The van der Waals surface area contributed by atoms with E-state index in [0.29, 0.717) is 31.1 Å². The van der Waals surface area contributed by atoms with Gasteiger partial charge in [-0.1, -0.05) is 13.3 Å². The van der Waals surface area contributed by atoms with Crippen LogP contribution in [0.15, 0.2) is 0 Å². The third-order valence-electron chi connectivity index (χ3n) is 4.16. The first-order valence-corrected chi connectivity index (χ1v) is 8.01. The molecule has 1 saturated carbocycles. The Balaban J connectivity index is 1.73. The molecule has 1 aromatic heterocycles. The highest BCUT2D eigenvalue weighted by atomic mass is 35.5. The molecule has 1 aromatic rings. The molecule has 0 radical (unpaired) electrons. The average Bonchev–Trinajstić information content (AvgIpc) is 2.50. The van der Waals surface area contributed by atoms with Crippen LogP contribution in [-0.2, 0) is 4.74 Å². The minimum Gasteiger partial charge on any atom is -0.460 e. The van der Waals surface area contributed by atoms with E-state index in [4.69, 9.17) is 21.1 Å². The quantitative estimate of drug-likeness (QED) is 0.853. The molecule has 2 heterocycles. The van der Waals surface area contributed by atoms with Gasteiger partial charge in [-0.05, 0) is 36.8 Å². The van der Waals surface area contributed by atoms with Crippen molar-refractivity contribution in [2.24, 2.45) is 5.92 Å². The number of aromatic nitrogens is 3. The lowest BCUT2D eigenvalue weighted by molar-refractivity contribution is 0.0917. The van der Waals surface area contributed by atoms with Gasteiger partial charge in [0.2, 0.25) is 11.2 Å². The van der Waals surface area contributed by atoms with Crippen LogP contribution in [0.5, 0.6) is 6.01 Å². The second-order valence-corrected chi connectivity index (χ2v) is 6.04. The zero-order valence-electron chi connectivity index (χ0n) is 12.3. The van der Waals surface area contributed by atoms with E-state index >= 15 is 0 Å². The number of rotatable bonds is 3. The Bertz CT molecular complexity index is 482. The lowest BCUT2D eigenvalue weighted by atomic mass is 9.88. The Labute approximate surface area is 129 Å². The molecular formula is C14H21ClN4O2. The topological polar surface area (TPSA) is 60.4 Å². The summed E-state index contributed by atoms with van der Waals surface area (Å²) >= 11 is 6.02. The standard InChI is InChI=1S/C14H21ClN4O2/c1-10-4-2-3-5-11(10)21-14-17-12(15)16-13(18-14)19-6-8-20-9-7-19/h10-11H,2-9H2,1H3. The lowest BCUT2D eigenvalue weighted by Crippen LogP contribution is -2.37.